The van der Waals surface area contributed by atoms with Gasteiger partial charge in [-0.25, -0.2) is 4.98 Å². The number of rotatable bonds is 4. The molecule has 1 aromatic heterocycles. The molecule has 0 aliphatic carbocycles. The first-order valence-corrected chi connectivity index (χ1v) is 10.3. The second-order valence-corrected chi connectivity index (χ2v) is 8.04. The standard InChI is InChI=1S/C23H15N3O4S/c27-18-10-9-13(11-16(18)21-25-17-7-3-4-8-19(17)31-21)24-20(28)12-26-22(29)14-5-1-2-6-15(14)23(26)30/h1-11,27H,12H2,(H,24,28). The third kappa shape index (κ3) is 3.32. The predicted octanol–water partition coefficient (Wildman–Crippen LogP) is 3.90. The maximum absolute atomic E-state index is 12.6. The molecule has 0 saturated carbocycles. The maximum Gasteiger partial charge on any atom is 0.262 e. The first-order valence-electron chi connectivity index (χ1n) is 9.45. The Hall–Kier alpha value is -4.04. The molecule has 1 aliphatic rings. The molecule has 2 heterocycles. The molecular weight excluding hydrogens is 414 g/mol. The molecule has 1 aliphatic heterocycles. The molecule has 0 saturated heterocycles. The second-order valence-electron chi connectivity index (χ2n) is 7.01. The molecule has 0 spiro atoms. The van der Waals surface area contributed by atoms with Crippen molar-refractivity contribution >= 4 is 45.0 Å². The summed E-state index contributed by atoms with van der Waals surface area (Å²) in [5, 5.41) is 13.6. The lowest BCUT2D eigenvalue weighted by Crippen LogP contribution is -2.37. The monoisotopic (exact) mass is 429 g/mol. The molecule has 8 heteroatoms. The van der Waals surface area contributed by atoms with Gasteiger partial charge in [0.15, 0.2) is 0 Å². The van der Waals surface area contributed by atoms with Gasteiger partial charge in [0.2, 0.25) is 5.91 Å². The number of anilines is 1. The van der Waals surface area contributed by atoms with E-state index in [1.54, 1.807) is 36.4 Å². The molecule has 0 unspecified atom stereocenters. The number of hydrogen-bond acceptors (Lipinski definition) is 6. The number of imide groups is 1. The molecule has 2 N–H and O–H groups in total. The third-order valence-electron chi connectivity index (χ3n) is 4.98. The smallest absolute Gasteiger partial charge is 0.262 e. The maximum atomic E-state index is 12.6. The van der Waals surface area contributed by atoms with E-state index in [9.17, 15) is 19.5 Å². The van der Waals surface area contributed by atoms with E-state index < -0.39 is 24.3 Å². The Morgan fingerprint density at radius 1 is 0.935 bits per heavy atom. The minimum Gasteiger partial charge on any atom is -0.507 e. The van der Waals surface area contributed by atoms with E-state index in [-0.39, 0.29) is 5.75 Å². The van der Waals surface area contributed by atoms with E-state index >= 15 is 0 Å². The Morgan fingerprint density at radius 2 is 1.61 bits per heavy atom. The van der Waals surface area contributed by atoms with Crippen LogP contribution in [0.3, 0.4) is 0 Å². The summed E-state index contributed by atoms with van der Waals surface area (Å²) in [5.74, 6) is -1.46. The molecule has 0 fully saturated rings. The average Bonchev–Trinajstić information content (AvgIpc) is 3.30. The Kier molecular flexibility index (Phi) is 4.48. The van der Waals surface area contributed by atoms with Crippen LogP contribution in [0.1, 0.15) is 20.7 Å². The number of carbonyl (C=O) groups excluding carboxylic acids is 3. The van der Waals surface area contributed by atoms with Gasteiger partial charge in [-0.05, 0) is 42.5 Å². The van der Waals surface area contributed by atoms with Gasteiger partial charge < -0.3 is 10.4 Å². The van der Waals surface area contributed by atoms with E-state index in [1.807, 2.05) is 24.3 Å². The Morgan fingerprint density at radius 3 is 2.32 bits per heavy atom. The van der Waals surface area contributed by atoms with Gasteiger partial charge in [-0.15, -0.1) is 11.3 Å². The Balaban J connectivity index is 1.36. The Labute approximate surface area is 180 Å². The van der Waals surface area contributed by atoms with Crippen molar-refractivity contribution in [2.24, 2.45) is 0 Å². The highest BCUT2D eigenvalue weighted by atomic mass is 32.1. The van der Waals surface area contributed by atoms with E-state index in [1.165, 1.54) is 17.4 Å². The summed E-state index contributed by atoms with van der Waals surface area (Å²) in [4.78, 5) is 42.9. The molecule has 5 rings (SSSR count). The molecule has 7 nitrogen and oxygen atoms in total. The molecule has 4 aromatic rings. The first-order chi connectivity index (χ1) is 15.0. The molecule has 152 valence electrons. The fourth-order valence-corrected chi connectivity index (χ4v) is 4.49. The number of nitrogens with one attached hydrogen (secondary N) is 1. The van der Waals surface area contributed by atoms with Gasteiger partial charge in [0.25, 0.3) is 11.8 Å². The van der Waals surface area contributed by atoms with Gasteiger partial charge in [0.05, 0.1) is 26.9 Å². The van der Waals surface area contributed by atoms with Crippen molar-refractivity contribution < 1.29 is 19.5 Å². The van der Waals surface area contributed by atoms with Gasteiger partial charge in [0.1, 0.15) is 17.3 Å². The van der Waals surface area contributed by atoms with Crippen molar-refractivity contribution in [3.05, 3.63) is 77.9 Å². The minimum absolute atomic E-state index is 0.0393. The van der Waals surface area contributed by atoms with Crippen molar-refractivity contribution in [1.82, 2.24) is 9.88 Å². The van der Waals surface area contributed by atoms with E-state index in [2.05, 4.69) is 10.3 Å². The van der Waals surface area contributed by atoms with Crippen LogP contribution in [-0.4, -0.2) is 39.3 Å². The summed E-state index contributed by atoms with van der Waals surface area (Å²) < 4.78 is 0.983. The minimum atomic E-state index is -0.518. The molecule has 0 radical (unpaired) electrons. The average molecular weight is 429 g/mol. The summed E-state index contributed by atoms with van der Waals surface area (Å²) in [6.45, 7) is -0.399. The van der Waals surface area contributed by atoms with Gasteiger partial charge >= 0.3 is 0 Å². The number of hydrogen-bond donors (Lipinski definition) is 2. The van der Waals surface area contributed by atoms with Gasteiger partial charge in [-0.1, -0.05) is 24.3 Å². The summed E-state index contributed by atoms with van der Waals surface area (Å²) in [7, 11) is 0. The molecule has 3 aromatic carbocycles. The first kappa shape index (κ1) is 19.0. The summed E-state index contributed by atoms with van der Waals surface area (Å²) in [6, 6.07) is 18.8. The summed E-state index contributed by atoms with van der Waals surface area (Å²) in [5.41, 5.74) is 2.32. The topological polar surface area (TPSA) is 99.6 Å². The van der Waals surface area contributed by atoms with E-state index in [4.69, 9.17) is 0 Å². The number of amides is 3. The number of aromatic nitrogens is 1. The quantitative estimate of drug-likeness (QED) is 0.379. The lowest BCUT2D eigenvalue weighted by atomic mass is 10.1. The zero-order valence-electron chi connectivity index (χ0n) is 16.0. The van der Waals surface area contributed by atoms with Gasteiger partial charge in [0, 0.05) is 5.69 Å². The van der Waals surface area contributed by atoms with E-state index in [0.717, 1.165) is 15.1 Å². The fraction of sp³-hybridized carbons (Fsp3) is 0.0435. The normalized spacial score (nSPS) is 13.0. The SMILES string of the molecule is O=C(CN1C(=O)c2ccccc2C1=O)Nc1ccc(O)c(-c2nc3ccccc3s2)c1. The van der Waals surface area contributed by atoms with Gasteiger partial charge in [-0.2, -0.15) is 0 Å². The number of para-hydroxylation sites is 1. The number of benzene rings is 3. The highest BCUT2D eigenvalue weighted by Crippen LogP contribution is 2.36. The number of thiazole rings is 1. The van der Waals surface area contributed by atoms with Crippen molar-refractivity contribution in [3.8, 4) is 16.3 Å². The van der Waals surface area contributed by atoms with Crippen molar-refractivity contribution in [1.29, 1.82) is 0 Å². The highest BCUT2D eigenvalue weighted by Gasteiger charge is 2.36. The van der Waals surface area contributed by atoms with Crippen molar-refractivity contribution in [2.75, 3.05) is 11.9 Å². The third-order valence-corrected chi connectivity index (χ3v) is 6.05. The molecule has 31 heavy (non-hydrogen) atoms. The molecule has 3 amide bonds. The van der Waals surface area contributed by atoms with Gasteiger partial charge in [-0.3, -0.25) is 19.3 Å². The summed E-state index contributed by atoms with van der Waals surface area (Å²) >= 11 is 1.43. The number of phenolic OH excluding ortho intramolecular Hbond substituents is 1. The largest absolute Gasteiger partial charge is 0.507 e. The second kappa shape index (κ2) is 7.33. The van der Waals surface area contributed by atoms with Crippen LogP contribution in [0.5, 0.6) is 5.75 Å². The molecule has 0 atom stereocenters. The summed E-state index contributed by atoms with van der Waals surface area (Å²) in [6.07, 6.45) is 0. The van der Waals surface area contributed by atoms with Crippen molar-refractivity contribution in [3.63, 3.8) is 0 Å². The highest BCUT2D eigenvalue weighted by molar-refractivity contribution is 7.21. The van der Waals surface area contributed by atoms with Crippen LogP contribution < -0.4 is 5.32 Å². The van der Waals surface area contributed by atoms with Crippen LogP contribution in [-0.2, 0) is 4.79 Å². The lowest BCUT2D eigenvalue weighted by Gasteiger charge is -2.14. The van der Waals surface area contributed by atoms with Crippen LogP contribution in [0.15, 0.2) is 66.7 Å². The number of carbonyl (C=O) groups is 3. The predicted molar refractivity (Wildman–Crippen MR) is 117 cm³/mol. The van der Waals surface area contributed by atoms with Crippen LogP contribution in [0.4, 0.5) is 5.69 Å². The number of nitrogens with zero attached hydrogens (tertiary/aromatic N) is 2. The number of phenols is 1. The molecule has 0 bridgehead atoms. The number of fused-ring (bicyclic) bond motifs is 2. The number of aromatic hydroxyl groups is 1. The molecular formula is C23H15N3O4S. The zero-order chi connectivity index (χ0) is 21.5. The van der Waals surface area contributed by atoms with Crippen LogP contribution >= 0.6 is 11.3 Å². The van der Waals surface area contributed by atoms with E-state index in [0.29, 0.717) is 27.4 Å². The van der Waals surface area contributed by atoms with Crippen LogP contribution in [0.2, 0.25) is 0 Å². The lowest BCUT2D eigenvalue weighted by molar-refractivity contribution is -0.116. The van der Waals surface area contributed by atoms with Crippen LogP contribution in [0.25, 0.3) is 20.8 Å². The Bertz CT molecular complexity index is 1310. The van der Waals surface area contributed by atoms with Crippen LogP contribution in [0, 0.1) is 0 Å². The fourth-order valence-electron chi connectivity index (χ4n) is 3.50. The van der Waals surface area contributed by atoms with Crippen molar-refractivity contribution in [2.45, 2.75) is 0 Å². The zero-order valence-corrected chi connectivity index (χ0v) is 16.8.